The fourth-order valence-electron chi connectivity index (χ4n) is 1.73. The molecule has 0 spiro atoms. The number of rotatable bonds is 6. The molecule has 0 saturated heterocycles. The number of hydrogen-bond donors (Lipinski definition) is 2. The van der Waals surface area contributed by atoms with Crippen LogP contribution in [0.25, 0.3) is 0 Å². The number of benzene rings is 1. The molecule has 180 valence electrons. The van der Waals surface area contributed by atoms with Crippen LogP contribution in [0.1, 0.15) is 88.1 Å². The molecule has 1 aromatic rings. The fraction of sp³-hybridized carbons (Fsp3) is 0.680. The zero-order valence-corrected chi connectivity index (χ0v) is 21.3. The molecule has 2 N–H and O–H groups in total. The third-order valence-corrected chi connectivity index (χ3v) is 3.05. The SMILES string of the molecule is CC(C)(C)OOC(C)(C)C#CC(C)(C)OOC(C)(C)C.CCCc1ccccc1.OO. The Labute approximate surface area is 189 Å². The van der Waals surface area contributed by atoms with Crippen molar-refractivity contribution in [2.45, 2.75) is 111 Å². The molecule has 0 aliphatic rings. The first-order valence-corrected chi connectivity index (χ1v) is 10.6. The van der Waals surface area contributed by atoms with E-state index in [1.165, 1.54) is 18.4 Å². The van der Waals surface area contributed by atoms with E-state index in [1.54, 1.807) is 0 Å². The van der Waals surface area contributed by atoms with Gasteiger partial charge in [-0.05, 0) is 81.2 Å². The van der Waals surface area contributed by atoms with Crippen LogP contribution < -0.4 is 0 Å². The van der Waals surface area contributed by atoms with Gasteiger partial charge in [0.2, 0.25) is 0 Å². The second kappa shape index (κ2) is 14.6. The van der Waals surface area contributed by atoms with Crippen LogP contribution in [-0.4, -0.2) is 32.9 Å². The van der Waals surface area contributed by atoms with E-state index in [2.05, 4.69) is 49.1 Å². The third kappa shape index (κ3) is 21.6. The summed E-state index contributed by atoms with van der Waals surface area (Å²) in [7, 11) is 0. The van der Waals surface area contributed by atoms with E-state index in [0.29, 0.717) is 0 Å². The molecule has 1 rings (SSSR count). The van der Waals surface area contributed by atoms with E-state index in [0.717, 1.165) is 0 Å². The second-order valence-corrected chi connectivity index (χ2v) is 10.1. The first-order chi connectivity index (χ1) is 14.1. The Hall–Kier alpha value is -1.46. The van der Waals surface area contributed by atoms with Crippen LogP contribution in [0, 0.1) is 11.8 Å². The average molecular weight is 441 g/mol. The maximum atomic E-state index is 6.00. The molecule has 0 aliphatic heterocycles. The summed E-state index contributed by atoms with van der Waals surface area (Å²) in [6.45, 7) is 21.1. The van der Waals surface area contributed by atoms with Gasteiger partial charge in [0.1, 0.15) is 0 Å². The predicted octanol–water partition coefficient (Wildman–Crippen LogP) is 6.70. The van der Waals surface area contributed by atoms with Crippen molar-refractivity contribution >= 4 is 0 Å². The van der Waals surface area contributed by atoms with Gasteiger partial charge in [-0.25, -0.2) is 19.6 Å². The molecule has 0 atom stereocenters. The summed E-state index contributed by atoms with van der Waals surface area (Å²) >= 11 is 0. The summed E-state index contributed by atoms with van der Waals surface area (Å²) in [4.78, 5) is 21.3. The first-order valence-electron chi connectivity index (χ1n) is 10.6. The van der Waals surface area contributed by atoms with Gasteiger partial charge in [0.15, 0.2) is 11.2 Å². The van der Waals surface area contributed by atoms with Gasteiger partial charge in [-0.15, -0.1) is 0 Å². The van der Waals surface area contributed by atoms with Gasteiger partial charge in [0.05, 0.1) is 11.2 Å². The summed E-state index contributed by atoms with van der Waals surface area (Å²) in [5, 5.41) is 12.0. The lowest BCUT2D eigenvalue weighted by Crippen LogP contribution is -2.32. The lowest BCUT2D eigenvalue weighted by molar-refractivity contribution is -0.386. The average Bonchev–Trinajstić information content (AvgIpc) is 2.66. The van der Waals surface area contributed by atoms with Crippen molar-refractivity contribution in [3.05, 3.63) is 35.9 Å². The number of hydrogen-bond acceptors (Lipinski definition) is 6. The van der Waals surface area contributed by atoms with Gasteiger partial charge in [0, 0.05) is 0 Å². The molecule has 0 heterocycles. The van der Waals surface area contributed by atoms with Crippen molar-refractivity contribution < 1.29 is 30.1 Å². The molecule has 0 aromatic heterocycles. The van der Waals surface area contributed by atoms with Gasteiger partial charge in [-0.1, -0.05) is 55.5 Å². The molecule has 0 amide bonds. The maximum absolute atomic E-state index is 6.00. The summed E-state index contributed by atoms with van der Waals surface area (Å²) in [6, 6.07) is 10.6. The fourth-order valence-corrected chi connectivity index (χ4v) is 1.73. The van der Waals surface area contributed by atoms with Crippen molar-refractivity contribution in [3.63, 3.8) is 0 Å². The van der Waals surface area contributed by atoms with Crippen LogP contribution in [0.4, 0.5) is 0 Å². The Morgan fingerprint density at radius 2 is 1.00 bits per heavy atom. The Morgan fingerprint density at radius 1 is 0.645 bits per heavy atom. The van der Waals surface area contributed by atoms with Crippen LogP contribution in [0.5, 0.6) is 0 Å². The zero-order valence-electron chi connectivity index (χ0n) is 21.3. The maximum Gasteiger partial charge on any atom is 0.158 e. The molecule has 0 radical (unpaired) electrons. The van der Waals surface area contributed by atoms with Gasteiger partial charge in [-0.2, -0.15) is 0 Å². The second-order valence-electron chi connectivity index (χ2n) is 10.1. The van der Waals surface area contributed by atoms with Gasteiger partial charge in [0.25, 0.3) is 0 Å². The lowest BCUT2D eigenvalue weighted by Gasteiger charge is -2.26. The van der Waals surface area contributed by atoms with Crippen LogP contribution in [-0.2, 0) is 26.0 Å². The van der Waals surface area contributed by atoms with Crippen molar-refractivity contribution in [1.29, 1.82) is 0 Å². The van der Waals surface area contributed by atoms with Crippen molar-refractivity contribution in [3.8, 4) is 11.8 Å². The molecule has 0 aliphatic carbocycles. The van der Waals surface area contributed by atoms with E-state index in [-0.39, 0.29) is 11.2 Å². The van der Waals surface area contributed by atoms with E-state index < -0.39 is 11.2 Å². The largest absolute Gasteiger partial charge is 0.255 e. The highest BCUT2D eigenvalue weighted by atomic mass is 17.2. The Balaban J connectivity index is 0. The molecule has 0 fully saturated rings. The molecular weight excluding hydrogens is 396 g/mol. The molecule has 1 aromatic carbocycles. The highest BCUT2D eigenvalue weighted by Gasteiger charge is 2.25. The third-order valence-electron chi connectivity index (χ3n) is 3.05. The van der Waals surface area contributed by atoms with Crippen LogP contribution in [0.15, 0.2) is 30.3 Å². The minimum Gasteiger partial charge on any atom is -0.255 e. The van der Waals surface area contributed by atoms with Crippen LogP contribution >= 0.6 is 0 Å². The molecule has 6 nitrogen and oxygen atoms in total. The number of aryl methyl sites for hydroxylation is 1. The highest BCUT2D eigenvalue weighted by molar-refractivity contribution is 5.17. The monoisotopic (exact) mass is 440 g/mol. The van der Waals surface area contributed by atoms with E-state index in [9.17, 15) is 0 Å². The van der Waals surface area contributed by atoms with Crippen molar-refractivity contribution in [1.82, 2.24) is 0 Å². The summed E-state index contributed by atoms with van der Waals surface area (Å²) in [6.07, 6.45) is 2.45. The predicted molar refractivity (Wildman–Crippen MR) is 125 cm³/mol. The van der Waals surface area contributed by atoms with E-state index >= 15 is 0 Å². The van der Waals surface area contributed by atoms with Crippen molar-refractivity contribution in [2.75, 3.05) is 0 Å². The summed E-state index contributed by atoms with van der Waals surface area (Å²) < 4.78 is 0. The van der Waals surface area contributed by atoms with Gasteiger partial charge < -0.3 is 0 Å². The standard InChI is InChI=1S/C16H30O4.C9H12.H2O2/c1-13(2,3)17-19-15(7,8)11-12-16(9,10)20-18-14(4,5)6;1-2-6-9-7-4-3-5-8-9;1-2/h1-10H3;3-5,7-8H,2,6H2,1H3;1-2H. The Morgan fingerprint density at radius 3 is 1.29 bits per heavy atom. The summed E-state index contributed by atoms with van der Waals surface area (Å²) in [5.74, 6) is 6.01. The van der Waals surface area contributed by atoms with E-state index in [4.69, 9.17) is 30.1 Å². The van der Waals surface area contributed by atoms with E-state index in [1.807, 2.05) is 69.2 Å². The quantitative estimate of drug-likeness (QED) is 0.291. The molecule has 0 bridgehead atoms. The molecule has 0 unspecified atom stereocenters. The molecular formula is C25H44O6. The highest BCUT2D eigenvalue weighted by Crippen LogP contribution is 2.18. The molecule has 31 heavy (non-hydrogen) atoms. The normalized spacial score (nSPS) is 11.9. The minimum atomic E-state index is -0.727. The summed E-state index contributed by atoms with van der Waals surface area (Å²) in [5.41, 5.74) is -0.758. The molecule has 6 heteroatoms. The Kier molecular flexibility index (Phi) is 14.9. The minimum absolute atomic E-state index is 0.375. The smallest absolute Gasteiger partial charge is 0.158 e. The van der Waals surface area contributed by atoms with Crippen molar-refractivity contribution in [2.24, 2.45) is 0 Å². The van der Waals surface area contributed by atoms with Crippen LogP contribution in [0.2, 0.25) is 0 Å². The first kappa shape index (κ1) is 31.7. The molecule has 0 saturated carbocycles. The zero-order chi connectivity index (χ0) is 24.8. The Bertz CT molecular complexity index is 594. The lowest BCUT2D eigenvalue weighted by atomic mass is 10.1. The van der Waals surface area contributed by atoms with Crippen LogP contribution in [0.3, 0.4) is 0 Å². The van der Waals surface area contributed by atoms with Gasteiger partial charge >= 0.3 is 0 Å². The van der Waals surface area contributed by atoms with Gasteiger partial charge in [-0.3, -0.25) is 10.5 Å². The topological polar surface area (TPSA) is 77.4 Å².